The highest BCUT2D eigenvalue weighted by Crippen LogP contribution is 2.28. The van der Waals surface area contributed by atoms with Crippen molar-refractivity contribution >= 4 is 5.97 Å². The van der Waals surface area contributed by atoms with E-state index in [2.05, 4.69) is 6.58 Å². The molecular weight excluding hydrogens is 176 g/mol. The van der Waals surface area contributed by atoms with Crippen molar-refractivity contribution in [2.24, 2.45) is 5.41 Å². The third-order valence-corrected chi connectivity index (χ3v) is 2.93. The summed E-state index contributed by atoms with van der Waals surface area (Å²) in [5.41, 5.74) is -0.520. The average Bonchev–Trinajstić information content (AvgIpc) is 2.17. The molecule has 82 valence electrons. The molecule has 0 spiro atoms. The van der Waals surface area contributed by atoms with Crippen molar-refractivity contribution < 1.29 is 9.90 Å². The van der Waals surface area contributed by atoms with E-state index in [1.807, 2.05) is 19.9 Å². The molecule has 0 aromatic heterocycles. The van der Waals surface area contributed by atoms with E-state index >= 15 is 0 Å². The van der Waals surface area contributed by atoms with Crippen LogP contribution in [0.5, 0.6) is 0 Å². The van der Waals surface area contributed by atoms with Gasteiger partial charge in [0.05, 0.1) is 5.41 Å². The molecular formula is C12H22O2. The molecule has 0 radical (unpaired) electrons. The van der Waals surface area contributed by atoms with Crippen molar-refractivity contribution in [2.45, 2.75) is 52.4 Å². The molecule has 0 rings (SSSR count). The minimum absolute atomic E-state index is 0.520. The van der Waals surface area contributed by atoms with Gasteiger partial charge in [0, 0.05) is 0 Å². The lowest BCUT2D eigenvalue weighted by molar-refractivity contribution is -0.148. The second-order valence-corrected chi connectivity index (χ2v) is 4.11. The molecule has 0 heterocycles. The standard InChI is InChI=1S/C12H22O2/c1-4-6-7-8-9-10-12(3,5-2)11(13)14/h4H,1,5-10H2,2-3H3,(H,13,14). The van der Waals surface area contributed by atoms with Gasteiger partial charge in [0.15, 0.2) is 0 Å². The third-order valence-electron chi connectivity index (χ3n) is 2.93. The SMILES string of the molecule is C=CCCCCCC(C)(CC)C(=O)O. The Balaban J connectivity index is 3.73. The Hall–Kier alpha value is -0.790. The van der Waals surface area contributed by atoms with E-state index in [9.17, 15) is 4.79 Å². The largest absolute Gasteiger partial charge is 0.481 e. The fourth-order valence-corrected chi connectivity index (χ4v) is 1.42. The highest BCUT2D eigenvalue weighted by molar-refractivity contribution is 5.73. The molecule has 0 amide bonds. The second kappa shape index (κ2) is 6.63. The van der Waals surface area contributed by atoms with E-state index in [-0.39, 0.29) is 0 Å². The highest BCUT2D eigenvalue weighted by Gasteiger charge is 2.29. The first kappa shape index (κ1) is 13.2. The molecule has 0 bridgehead atoms. The number of carboxylic acids is 1. The minimum Gasteiger partial charge on any atom is -0.481 e. The Morgan fingerprint density at radius 3 is 2.50 bits per heavy atom. The molecule has 0 saturated heterocycles. The zero-order chi connectivity index (χ0) is 11.0. The predicted molar refractivity (Wildman–Crippen MR) is 59.3 cm³/mol. The van der Waals surface area contributed by atoms with E-state index in [0.29, 0.717) is 6.42 Å². The van der Waals surface area contributed by atoms with E-state index < -0.39 is 11.4 Å². The maximum Gasteiger partial charge on any atom is 0.309 e. The monoisotopic (exact) mass is 198 g/mol. The Kier molecular flexibility index (Phi) is 6.26. The Bertz CT molecular complexity index is 187. The number of aliphatic carboxylic acids is 1. The normalized spacial score (nSPS) is 14.7. The van der Waals surface area contributed by atoms with E-state index in [1.165, 1.54) is 0 Å². The number of hydrogen-bond donors (Lipinski definition) is 1. The Morgan fingerprint density at radius 1 is 1.43 bits per heavy atom. The lowest BCUT2D eigenvalue weighted by Gasteiger charge is -2.22. The van der Waals surface area contributed by atoms with Crippen LogP contribution in [0.3, 0.4) is 0 Å². The average molecular weight is 198 g/mol. The molecule has 0 aliphatic carbocycles. The summed E-state index contributed by atoms with van der Waals surface area (Å²) >= 11 is 0. The summed E-state index contributed by atoms with van der Waals surface area (Å²) in [5, 5.41) is 9.02. The Labute approximate surface area is 87.0 Å². The van der Waals surface area contributed by atoms with Gasteiger partial charge in [0.1, 0.15) is 0 Å². The molecule has 0 aliphatic heterocycles. The summed E-state index contributed by atoms with van der Waals surface area (Å²) in [5.74, 6) is -0.663. The smallest absolute Gasteiger partial charge is 0.309 e. The summed E-state index contributed by atoms with van der Waals surface area (Å²) in [6.45, 7) is 7.44. The van der Waals surface area contributed by atoms with Gasteiger partial charge in [0.25, 0.3) is 0 Å². The molecule has 0 aromatic carbocycles. The lowest BCUT2D eigenvalue weighted by Crippen LogP contribution is -2.26. The highest BCUT2D eigenvalue weighted by atomic mass is 16.4. The predicted octanol–water partition coefficient (Wildman–Crippen LogP) is 3.62. The first-order valence-corrected chi connectivity index (χ1v) is 5.41. The lowest BCUT2D eigenvalue weighted by atomic mass is 9.82. The molecule has 2 heteroatoms. The van der Waals surface area contributed by atoms with Crippen LogP contribution in [0.15, 0.2) is 12.7 Å². The number of carbonyl (C=O) groups is 1. The Morgan fingerprint density at radius 2 is 2.07 bits per heavy atom. The van der Waals surface area contributed by atoms with Gasteiger partial charge >= 0.3 is 5.97 Å². The molecule has 2 nitrogen and oxygen atoms in total. The number of hydrogen-bond acceptors (Lipinski definition) is 1. The summed E-state index contributed by atoms with van der Waals surface area (Å²) in [4.78, 5) is 11.0. The first-order valence-electron chi connectivity index (χ1n) is 5.41. The molecule has 0 aliphatic rings. The van der Waals surface area contributed by atoms with Crippen LogP contribution in [-0.2, 0) is 4.79 Å². The van der Waals surface area contributed by atoms with Crippen LogP contribution < -0.4 is 0 Å². The van der Waals surface area contributed by atoms with Crippen molar-refractivity contribution in [1.82, 2.24) is 0 Å². The van der Waals surface area contributed by atoms with E-state index in [4.69, 9.17) is 5.11 Å². The number of rotatable bonds is 8. The van der Waals surface area contributed by atoms with Gasteiger partial charge in [-0.2, -0.15) is 0 Å². The van der Waals surface area contributed by atoms with Crippen molar-refractivity contribution in [3.8, 4) is 0 Å². The fourth-order valence-electron chi connectivity index (χ4n) is 1.42. The summed E-state index contributed by atoms with van der Waals surface area (Å²) in [7, 11) is 0. The maximum absolute atomic E-state index is 11.0. The molecule has 0 saturated carbocycles. The van der Waals surface area contributed by atoms with Gasteiger partial charge in [0.2, 0.25) is 0 Å². The number of unbranched alkanes of at least 4 members (excludes halogenated alkanes) is 3. The first-order chi connectivity index (χ1) is 6.56. The van der Waals surface area contributed by atoms with Crippen LogP contribution in [0, 0.1) is 5.41 Å². The van der Waals surface area contributed by atoms with Gasteiger partial charge in [-0.15, -0.1) is 6.58 Å². The van der Waals surface area contributed by atoms with Crippen LogP contribution in [0.25, 0.3) is 0 Å². The maximum atomic E-state index is 11.0. The minimum atomic E-state index is -0.663. The molecule has 0 aromatic rings. The summed E-state index contributed by atoms with van der Waals surface area (Å²) < 4.78 is 0. The number of carboxylic acid groups (broad SMARTS) is 1. The topological polar surface area (TPSA) is 37.3 Å². The van der Waals surface area contributed by atoms with E-state index in [0.717, 1.165) is 32.1 Å². The quantitative estimate of drug-likeness (QED) is 0.477. The zero-order valence-electron chi connectivity index (χ0n) is 9.38. The van der Waals surface area contributed by atoms with Crippen LogP contribution in [0.2, 0.25) is 0 Å². The molecule has 1 unspecified atom stereocenters. The molecule has 14 heavy (non-hydrogen) atoms. The molecule has 0 fully saturated rings. The van der Waals surface area contributed by atoms with Crippen LogP contribution in [0.1, 0.15) is 52.4 Å². The summed E-state index contributed by atoms with van der Waals surface area (Å²) in [6, 6.07) is 0. The summed E-state index contributed by atoms with van der Waals surface area (Å²) in [6.07, 6.45) is 7.69. The van der Waals surface area contributed by atoms with Gasteiger partial charge in [-0.05, 0) is 32.6 Å². The van der Waals surface area contributed by atoms with Crippen LogP contribution >= 0.6 is 0 Å². The zero-order valence-corrected chi connectivity index (χ0v) is 9.38. The van der Waals surface area contributed by atoms with Gasteiger partial charge in [-0.3, -0.25) is 4.79 Å². The van der Waals surface area contributed by atoms with Crippen molar-refractivity contribution in [1.29, 1.82) is 0 Å². The van der Waals surface area contributed by atoms with Crippen LogP contribution in [0.4, 0.5) is 0 Å². The van der Waals surface area contributed by atoms with Crippen LogP contribution in [-0.4, -0.2) is 11.1 Å². The van der Waals surface area contributed by atoms with E-state index in [1.54, 1.807) is 0 Å². The van der Waals surface area contributed by atoms with Gasteiger partial charge in [-0.1, -0.05) is 25.8 Å². The van der Waals surface area contributed by atoms with Gasteiger partial charge in [-0.25, -0.2) is 0 Å². The van der Waals surface area contributed by atoms with Crippen molar-refractivity contribution in [3.05, 3.63) is 12.7 Å². The second-order valence-electron chi connectivity index (χ2n) is 4.11. The van der Waals surface area contributed by atoms with Crippen molar-refractivity contribution in [3.63, 3.8) is 0 Å². The van der Waals surface area contributed by atoms with Crippen molar-refractivity contribution in [2.75, 3.05) is 0 Å². The fraction of sp³-hybridized carbons (Fsp3) is 0.750. The molecule has 1 atom stereocenters. The third kappa shape index (κ3) is 4.45. The number of allylic oxidation sites excluding steroid dienone is 1. The van der Waals surface area contributed by atoms with Gasteiger partial charge < -0.3 is 5.11 Å². The molecule has 1 N–H and O–H groups in total.